The Morgan fingerprint density at radius 2 is 1.88 bits per heavy atom. The van der Waals surface area contributed by atoms with Gasteiger partial charge in [-0.2, -0.15) is 0 Å². The SMILES string of the molecule is O=C(c1ccccc1OCc1cn2ccccc2n1)N1CCC(NS(=O)(=O)c2cccs2)CC1. The zero-order valence-electron chi connectivity index (χ0n) is 18.3. The summed E-state index contributed by atoms with van der Waals surface area (Å²) in [6.07, 6.45) is 4.94. The Hall–Kier alpha value is -3.21. The zero-order valence-corrected chi connectivity index (χ0v) is 20.0. The number of aromatic nitrogens is 2. The quantitative estimate of drug-likeness (QED) is 0.422. The number of amides is 1. The highest BCUT2D eigenvalue weighted by Gasteiger charge is 2.28. The lowest BCUT2D eigenvalue weighted by atomic mass is 10.0. The number of nitrogens with zero attached hydrogens (tertiary/aromatic N) is 3. The number of sulfonamides is 1. The highest BCUT2D eigenvalue weighted by atomic mass is 32.2. The number of carbonyl (C=O) groups excluding carboxylic acids is 1. The number of pyridine rings is 1. The van der Waals surface area contributed by atoms with E-state index in [9.17, 15) is 13.2 Å². The van der Waals surface area contributed by atoms with Crippen LogP contribution in [0.1, 0.15) is 28.9 Å². The third-order valence-electron chi connectivity index (χ3n) is 5.77. The molecule has 4 aromatic rings. The molecule has 1 aromatic carbocycles. The van der Waals surface area contributed by atoms with Crippen LogP contribution in [-0.4, -0.2) is 47.7 Å². The first-order valence-corrected chi connectivity index (χ1v) is 13.4. The van der Waals surface area contributed by atoms with Crippen LogP contribution in [0.25, 0.3) is 5.65 Å². The molecule has 0 atom stereocenters. The Balaban J connectivity index is 1.21. The van der Waals surface area contributed by atoms with Gasteiger partial charge in [0.1, 0.15) is 22.2 Å². The summed E-state index contributed by atoms with van der Waals surface area (Å²) in [5, 5.41) is 1.74. The maximum absolute atomic E-state index is 13.2. The standard InChI is InChI=1S/C24H24N4O4S2/c29-24(27-13-10-18(11-14-27)26-34(30,31)23-9-5-15-33-23)20-6-1-2-7-21(20)32-17-19-16-28-12-4-3-8-22(28)25-19/h1-9,12,15-16,18,26H,10-11,13-14,17H2. The molecule has 5 rings (SSSR count). The van der Waals surface area contributed by atoms with E-state index < -0.39 is 10.0 Å². The van der Waals surface area contributed by atoms with Gasteiger partial charge in [-0.3, -0.25) is 4.79 Å². The van der Waals surface area contributed by atoms with Crippen LogP contribution in [0, 0.1) is 0 Å². The van der Waals surface area contributed by atoms with Crippen molar-refractivity contribution in [3.63, 3.8) is 0 Å². The first-order chi connectivity index (χ1) is 16.5. The van der Waals surface area contributed by atoms with Gasteiger partial charge in [0.05, 0.1) is 11.3 Å². The molecule has 0 unspecified atom stereocenters. The van der Waals surface area contributed by atoms with Crippen molar-refractivity contribution >= 4 is 32.9 Å². The smallest absolute Gasteiger partial charge is 0.257 e. The Labute approximate surface area is 201 Å². The molecule has 8 nitrogen and oxygen atoms in total. The van der Waals surface area contributed by atoms with Crippen LogP contribution in [0.4, 0.5) is 0 Å². The average molecular weight is 497 g/mol. The number of hydrogen-bond acceptors (Lipinski definition) is 6. The number of fused-ring (bicyclic) bond motifs is 1. The molecule has 4 heterocycles. The van der Waals surface area contributed by atoms with Gasteiger partial charge < -0.3 is 14.0 Å². The molecule has 34 heavy (non-hydrogen) atoms. The Kier molecular flexibility index (Phi) is 6.36. The first kappa shape index (κ1) is 22.6. The number of ether oxygens (including phenoxy) is 1. The van der Waals surface area contributed by atoms with Crippen LogP contribution >= 0.6 is 11.3 Å². The number of imidazole rings is 1. The summed E-state index contributed by atoms with van der Waals surface area (Å²) in [7, 11) is -3.52. The van der Waals surface area contributed by atoms with Crippen LogP contribution in [-0.2, 0) is 16.6 Å². The number of carbonyl (C=O) groups is 1. The summed E-state index contributed by atoms with van der Waals surface area (Å²) in [5.74, 6) is 0.384. The van der Waals surface area contributed by atoms with Crippen molar-refractivity contribution in [3.8, 4) is 5.75 Å². The monoisotopic (exact) mass is 496 g/mol. The summed E-state index contributed by atoms with van der Waals surface area (Å²) < 4.78 is 35.9. The number of para-hydroxylation sites is 1. The summed E-state index contributed by atoms with van der Waals surface area (Å²) in [6.45, 7) is 1.19. The van der Waals surface area contributed by atoms with E-state index in [1.165, 1.54) is 11.3 Å². The second-order valence-electron chi connectivity index (χ2n) is 8.10. The fraction of sp³-hybridized carbons (Fsp3) is 0.250. The summed E-state index contributed by atoms with van der Waals surface area (Å²) in [6, 6.07) is 16.1. The highest BCUT2D eigenvalue weighted by molar-refractivity contribution is 7.91. The second kappa shape index (κ2) is 9.57. The molecule has 1 amide bonds. The van der Waals surface area contributed by atoms with E-state index in [0.29, 0.717) is 41.5 Å². The topological polar surface area (TPSA) is 93.0 Å². The van der Waals surface area contributed by atoms with Gasteiger partial charge in [0.15, 0.2) is 0 Å². The summed E-state index contributed by atoms with van der Waals surface area (Å²) in [4.78, 5) is 19.5. The molecule has 3 aromatic heterocycles. The number of rotatable bonds is 7. The van der Waals surface area contributed by atoms with Gasteiger partial charge in [0.25, 0.3) is 5.91 Å². The number of piperidine rings is 1. The van der Waals surface area contributed by atoms with Crippen LogP contribution in [0.5, 0.6) is 5.75 Å². The fourth-order valence-corrected chi connectivity index (χ4v) is 6.36. The van der Waals surface area contributed by atoms with Crippen molar-refractivity contribution in [2.75, 3.05) is 13.1 Å². The average Bonchev–Trinajstić information content (AvgIpc) is 3.53. The summed E-state index contributed by atoms with van der Waals surface area (Å²) in [5.41, 5.74) is 2.10. The van der Waals surface area contributed by atoms with Crippen LogP contribution in [0.15, 0.2) is 76.6 Å². The minimum Gasteiger partial charge on any atom is -0.486 e. The van der Waals surface area contributed by atoms with Gasteiger partial charge in [-0.15, -0.1) is 11.3 Å². The first-order valence-electron chi connectivity index (χ1n) is 11.0. The maximum Gasteiger partial charge on any atom is 0.257 e. The predicted molar refractivity (Wildman–Crippen MR) is 130 cm³/mol. The van der Waals surface area contributed by atoms with Crippen molar-refractivity contribution < 1.29 is 17.9 Å². The molecule has 1 aliphatic rings. The lowest BCUT2D eigenvalue weighted by molar-refractivity contribution is 0.0706. The van der Waals surface area contributed by atoms with Crippen LogP contribution < -0.4 is 9.46 Å². The molecule has 0 radical (unpaired) electrons. The normalized spacial score (nSPS) is 15.0. The molecule has 0 bridgehead atoms. The van der Waals surface area contributed by atoms with Gasteiger partial charge in [-0.05, 0) is 48.6 Å². The molecule has 10 heteroatoms. The van der Waals surface area contributed by atoms with Gasteiger partial charge >= 0.3 is 0 Å². The van der Waals surface area contributed by atoms with Crippen LogP contribution in [0.2, 0.25) is 0 Å². The molecule has 1 saturated heterocycles. The highest BCUT2D eigenvalue weighted by Crippen LogP contribution is 2.24. The van der Waals surface area contributed by atoms with E-state index in [0.717, 1.165) is 11.3 Å². The van der Waals surface area contributed by atoms with E-state index in [-0.39, 0.29) is 18.6 Å². The van der Waals surface area contributed by atoms with Gasteiger partial charge in [0.2, 0.25) is 10.0 Å². The van der Waals surface area contributed by atoms with Gasteiger partial charge in [-0.1, -0.05) is 24.3 Å². The van der Waals surface area contributed by atoms with Crippen molar-refractivity contribution in [1.82, 2.24) is 19.0 Å². The van der Waals surface area contributed by atoms with Crippen LogP contribution in [0.3, 0.4) is 0 Å². The van der Waals surface area contributed by atoms with E-state index in [2.05, 4.69) is 9.71 Å². The molecule has 1 fully saturated rings. The molecule has 1 N–H and O–H groups in total. The van der Waals surface area contributed by atoms with Crippen molar-refractivity contribution in [1.29, 1.82) is 0 Å². The number of hydrogen-bond donors (Lipinski definition) is 1. The molecule has 176 valence electrons. The largest absolute Gasteiger partial charge is 0.486 e. The lowest BCUT2D eigenvalue weighted by Crippen LogP contribution is -2.46. The maximum atomic E-state index is 13.2. The molecule has 0 aliphatic carbocycles. The molecule has 0 saturated carbocycles. The number of thiophene rings is 1. The minimum atomic E-state index is -3.52. The minimum absolute atomic E-state index is 0.120. The molecule has 1 aliphatic heterocycles. The van der Waals surface area contributed by atoms with E-state index in [1.54, 1.807) is 34.5 Å². The Bertz CT molecular complexity index is 1360. The molecular formula is C24H24N4O4S2. The van der Waals surface area contributed by atoms with Gasteiger partial charge in [0, 0.05) is 31.5 Å². The van der Waals surface area contributed by atoms with E-state index in [4.69, 9.17) is 4.74 Å². The number of likely N-dealkylation sites (tertiary alicyclic amines) is 1. The number of nitrogens with one attached hydrogen (secondary N) is 1. The third-order valence-corrected chi connectivity index (χ3v) is 8.69. The van der Waals surface area contributed by atoms with Crippen molar-refractivity contribution in [2.45, 2.75) is 29.7 Å². The Morgan fingerprint density at radius 3 is 2.65 bits per heavy atom. The third kappa shape index (κ3) is 4.84. The summed E-state index contributed by atoms with van der Waals surface area (Å²) >= 11 is 1.19. The fourth-order valence-electron chi connectivity index (χ4n) is 4.04. The zero-order chi connectivity index (χ0) is 23.5. The second-order valence-corrected chi connectivity index (χ2v) is 11.0. The van der Waals surface area contributed by atoms with Crippen molar-refractivity contribution in [3.05, 3.63) is 83.6 Å². The number of benzene rings is 1. The van der Waals surface area contributed by atoms with E-state index >= 15 is 0 Å². The van der Waals surface area contributed by atoms with E-state index in [1.807, 2.05) is 47.1 Å². The Morgan fingerprint density at radius 1 is 1.09 bits per heavy atom. The van der Waals surface area contributed by atoms with Gasteiger partial charge in [-0.25, -0.2) is 18.1 Å². The lowest BCUT2D eigenvalue weighted by Gasteiger charge is -2.32. The molecule has 0 spiro atoms. The molecular weight excluding hydrogens is 472 g/mol. The predicted octanol–water partition coefficient (Wildman–Crippen LogP) is 3.56. The van der Waals surface area contributed by atoms with Crippen molar-refractivity contribution in [2.24, 2.45) is 0 Å².